The number of aryl methyl sites for hydroxylation is 1. The molecule has 0 radical (unpaired) electrons. The van der Waals surface area contributed by atoms with Crippen molar-refractivity contribution in [3.63, 3.8) is 0 Å². The van der Waals surface area contributed by atoms with Crippen LogP contribution in [0.15, 0.2) is 24.4 Å². The van der Waals surface area contributed by atoms with E-state index in [0.717, 1.165) is 0 Å². The lowest BCUT2D eigenvalue weighted by atomic mass is 10.1. The van der Waals surface area contributed by atoms with Crippen LogP contribution in [-0.4, -0.2) is 35.7 Å². The fourth-order valence-corrected chi connectivity index (χ4v) is 3.66. The van der Waals surface area contributed by atoms with E-state index in [0.29, 0.717) is 23.9 Å². The van der Waals surface area contributed by atoms with Crippen molar-refractivity contribution in [2.45, 2.75) is 19.9 Å². The van der Waals surface area contributed by atoms with E-state index in [9.17, 15) is 18.3 Å². The lowest BCUT2D eigenvalue weighted by Crippen LogP contribution is -2.17. The SMILES string of the molecule is CCn1ccc2c(NS(=O)(=O)CCCCl)cc(C(=O)O)cc21. The van der Waals surface area contributed by atoms with Crippen LogP contribution in [-0.2, 0) is 16.6 Å². The van der Waals surface area contributed by atoms with Crippen LogP contribution in [0.5, 0.6) is 0 Å². The van der Waals surface area contributed by atoms with Crippen molar-refractivity contribution in [2.75, 3.05) is 16.4 Å². The number of anilines is 1. The van der Waals surface area contributed by atoms with Crippen LogP contribution < -0.4 is 4.72 Å². The summed E-state index contributed by atoms with van der Waals surface area (Å²) in [7, 11) is -3.56. The number of carboxylic acid groups (broad SMARTS) is 1. The zero-order chi connectivity index (χ0) is 16.3. The molecule has 22 heavy (non-hydrogen) atoms. The van der Waals surface area contributed by atoms with Crippen LogP contribution in [0.1, 0.15) is 23.7 Å². The number of aromatic carboxylic acids is 1. The van der Waals surface area contributed by atoms with E-state index in [-0.39, 0.29) is 22.9 Å². The molecule has 0 aliphatic heterocycles. The molecule has 0 fully saturated rings. The van der Waals surface area contributed by atoms with E-state index in [1.54, 1.807) is 12.3 Å². The van der Waals surface area contributed by atoms with Gasteiger partial charge in [-0.25, -0.2) is 13.2 Å². The minimum absolute atomic E-state index is 0.0379. The number of sulfonamides is 1. The van der Waals surface area contributed by atoms with Crippen molar-refractivity contribution < 1.29 is 18.3 Å². The first-order chi connectivity index (χ1) is 10.4. The van der Waals surface area contributed by atoms with E-state index in [1.165, 1.54) is 12.1 Å². The Morgan fingerprint density at radius 2 is 2.14 bits per heavy atom. The molecule has 0 amide bonds. The number of benzene rings is 1. The second-order valence-electron chi connectivity index (χ2n) is 4.83. The molecular weight excluding hydrogens is 328 g/mol. The Bertz CT molecular complexity index is 799. The van der Waals surface area contributed by atoms with Crippen LogP contribution in [0, 0.1) is 0 Å². The van der Waals surface area contributed by atoms with Gasteiger partial charge < -0.3 is 9.67 Å². The summed E-state index contributed by atoms with van der Waals surface area (Å²) >= 11 is 5.52. The average molecular weight is 345 g/mol. The van der Waals surface area contributed by atoms with Crippen molar-refractivity contribution in [3.05, 3.63) is 30.0 Å². The number of nitrogens with zero attached hydrogens (tertiary/aromatic N) is 1. The number of nitrogens with one attached hydrogen (secondary N) is 1. The lowest BCUT2D eigenvalue weighted by Gasteiger charge is -2.11. The number of halogens is 1. The van der Waals surface area contributed by atoms with Crippen molar-refractivity contribution in [1.82, 2.24) is 4.57 Å². The number of aromatic nitrogens is 1. The minimum Gasteiger partial charge on any atom is -0.478 e. The molecule has 2 aromatic rings. The first-order valence-corrected chi connectivity index (χ1v) is 8.99. The van der Waals surface area contributed by atoms with Gasteiger partial charge in [-0.3, -0.25) is 4.72 Å². The number of fused-ring (bicyclic) bond motifs is 1. The topological polar surface area (TPSA) is 88.4 Å². The average Bonchev–Trinajstić information content (AvgIpc) is 2.88. The number of hydrogen-bond donors (Lipinski definition) is 2. The first kappa shape index (κ1) is 16.6. The fourth-order valence-electron chi connectivity index (χ4n) is 2.24. The molecule has 0 saturated heterocycles. The highest BCUT2D eigenvalue weighted by atomic mass is 35.5. The standard InChI is InChI=1S/C14H17ClN2O4S/c1-2-17-6-4-11-12(16-22(20,21)7-3-5-15)8-10(14(18)19)9-13(11)17/h4,6,8-9,16H,2-3,5,7H2,1H3,(H,18,19). The van der Waals surface area contributed by atoms with Crippen molar-refractivity contribution in [2.24, 2.45) is 0 Å². The highest BCUT2D eigenvalue weighted by molar-refractivity contribution is 7.92. The van der Waals surface area contributed by atoms with E-state index in [2.05, 4.69) is 4.72 Å². The van der Waals surface area contributed by atoms with Gasteiger partial charge in [0.25, 0.3) is 0 Å². The second-order valence-corrected chi connectivity index (χ2v) is 7.05. The Hall–Kier alpha value is -1.73. The Morgan fingerprint density at radius 3 is 2.73 bits per heavy atom. The molecule has 1 heterocycles. The van der Waals surface area contributed by atoms with Gasteiger partial charge >= 0.3 is 5.97 Å². The molecule has 1 aromatic carbocycles. The molecule has 0 bridgehead atoms. The maximum atomic E-state index is 12.0. The molecule has 0 saturated carbocycles. The van der Waals surface area contributed by atoms with Gasteiger partial charge in [-0.05, 0) is 31.5 Å². The predicted octanol–water partition coefficient (Wildman–Crippen LogP) is 2.73. The summed E-state index contributed by atoms with van der Waals surface area (Å²) in [5.41, 5.74) is 0.991. The Morgan fingerprint density at radius 1 is 1.41 bits per heavy atom. The monoisotopic (exact) mass is 344 g/mol. The number of carboxylic acids is 1. The smallest absolute Gasteiger partial charge is 0.335 e. The minimum atomic E-state index is -3.56. The maximum absolute atomic E-state index is 12.0. The van der Waals surface area contributed by atoms with Crippen LogP contribution in [0.2, 0.25) is 0 Å². The Balaban J connectivity index is 2.52. The molecule has 1 aromatic heterocycles. The summed E-state index contributed by atoms with van der Waals surface area (Å²) in [6.45, 7) is 2.59. The molecule has 0 aliphatic carbocycles. The normalized spacial score (nSPS) is 11.7. The van der Waals surface area contributed by atoms with E-state index in [4.69, 9.17) is 11.6 Å². The van der Waals surface area contributed by atoms with Gasteiger partial charge in [-0.2, -0.15) is 0 Å². The van der Waals surface area contributed by atoms with Gasteiger partial charge in [0, 0.05) is 24.0 Å². The second kappa shape index (κ2) is 6.58. The lowest BCUT2D eigenvalue weighted by molar-refractivity contribution is 0.0697. The molecular formula is C14H17ClN2O4S. The molecule has 2 rings (SSSR count). The molecule has 0 atom stereocenters. The third-order valence-corrected chi connectivity index (χ3v) is 4.91. The van der Waals surface area contributed by atoms with Crippen LogP contribution in [0.25, 0.3) is 10.9 Å². The maximum Gasteiger partial charge on any atom is 0.335 e. The van der Waals surface area contributed by atoms with E-state index in [1.807, 2.05) is 11.5 Å². The molecule has 8 heteroatoms. The fraction of sp³-hybridized carbons (Fsp3) is 0.357. The third kappa shape index (κ3) is 3.53. The Kier molecular flexibility index (Phi) is 4.97. The molecule has 2 N–H and O–H groups in total. The Labute approximate surface area is 133 Å². The first-order valence-electron chi connectivity index (χ1n) is 6.80. The van der Waals surface area contributed by atoms with Crippen molar-refractivity contribution in [1.29, 1.82) is 0 Å². The third-order valence-electron chi connectivity index (χ3n) is 3.29. The summed E-state index contributed by atoms with van der Waals surface area (Å²) in [5, 5.41) is 9.87. The zero-order valence-corrected chi connectivity index (χ0v) is 13.6. The highest BCUT2D eigenvalue weighted by Crippen LogP contribution is 2.28. The van der Waals surface area contributed by atoms with Crippen molar-refractivity contribution in [3.8, 4) is 0 Å². The summed E-state index contributed by atoms with van der Waals surface area (Å²) in [4.78, 5) is 11.3. The molecule has 120 valence electrons. The van der Waals surface area contributed by atoms with Gasteiger partial charge in [0.15, 0.2) is 0 Å². The highest BCUT2D eigenvalue weighted by Gasteiger charge is 2.16. The van der Waals surface area contributed by atoms with E-state index < -0.39 is 16.0 Å². The summed E-state index contributed by atoms with van der Waals surface area (Å²) in [6, 6.07) is 4.64. The number of carbonyl (C=O) groups is 1. The number of rotatable bonds is 7. The zero-order valence-electron chi connectivity index (χ0n) is 12.0. The summed E-state index contributed by atoms with van der Waals surface area (Å²) < 4.78 is 28.4. The van der Waals surface area contributed by atoms with E-state index >= 15 is 0 Å². The molecule has 6 nitrogen and oxygen atoms in total. The molecule has 0 unspecified atom stereocenters. The number of hydrogen-bond acceptors (Lipinski definition) is 3. The van der Waals surface area contributed by atoms with Gasteiger partial charge in [0.1, 0.15) is 0 Å². The molecule has 0 aliphatic rings. The van der Waals surface area contributed by atoms with Crippen LogP contribution >= 0.6 is 11.6 Å². The summed E-state index contributed by atoms with van der Waals surface area (Å²) in [5.74, 6) is -0.964. The molecule has 0 spiro atoms. The van der Waals surface area contributed by atoms with Gasteiger partial charge in [-0.1, -0.05) is 0 Å². The van der Waals surface area contributed by atoms with Gasteiger partial charge in [0.05, 0.1) is 22.5 Å². The van der Waals surface area contributed by atoms with Crippen LogP contribution in [0.3, 0.4) is 0 Å². The van der Waals surface area contributed by atoms with Gasteiger partial charge in [0.2, 0.25) is 10.0 Å². The van der Waals surface area contributed by atoms with Crippen molar-refractivity contribution >= 4 is 44.2 Å². The predicted molar refractivity (Wildman–Crippen MR) is 87.3 cm³/mol. The largest absolute Gasteiger partial charge is 0.478 e. The summed E-state index contributed by atoms with van der Waals surface area (Å²) in [6.07, 6.45) is 2.13. The van der Waals surface area contributed by atoms with Crippen LogP contribution in [0.4, 0.5) is 5.69 Å². The van der Waals surface area contributed by atoms with Gasteiger partial charge in [-0.15, -0.1) is 11.6 Å². The quantitative estimate of drug-likeness (QED) is 0.756. The number of alkyl halides is 1.